The van der Waals surface area contributed by atoms with Crippen LogP contribution in [0.15, 0.2) is 42.7 Å². The number of hydrogen-bond donors (Lipinski definition) is 1. The van der Waals surface area contributed by atoms with Crippen molar-refractivity contribution >= 4 is 11.6 Å². The summed E-state index contributed by atoms with van der Waals surface area (Å²) in [6.07, 6.45) is 2.47. The molecule has 1 heterocycles. The summed E-state index contributed by atoms with van der Waals surface area (Å²) in [7, 11) is 0. The largest absolute Gasteiger partial charge is 0.384 e. The molecule has 1 aromatic carbocycles. The third-order valence-electron chi connectivity index (χ3n) is 3.02. The van der Waals surface area contributed by atoms with Gasteiger partial charge in [0.05, 0.1) is 5.02 Å². The fraction of sp³-hybridized carbons (Fsp3) is 0.267. The Morgan fingerprint density at radius 1 is 1.06 bits per heavy atom. The highest BCUT2D eigenvalue weighted by molar-refractivity contribution is 6.31. The van der Waals surface area contributed by atoms with Crippen LogP contribution in [0.5, 0.6) is 0 Å². The second kappa shape index (κ2) is 5.51. The predicted octanol–water partition coefficient (Wildman–Crippen LogP) is 3.94. The Labute approximate surface area is 112 Å². The van der Waals surface area contributed by atoms with Gasteiger partial charge in [0.15, 0.2) is 0 Å². The smallest absolute Gasteiger partial charge is 0.106 e. The number of rotatable bonds is 3. The van der Waals surface area contributed by atoms with Crippen molar-refractivity contribution in [3.63, 3.8) is 0 Å². The number of aliphatic hydroxyl groups is 1. The number of benzene rings is 1. The van der Waals surface area contributed by atoms with Gasteiger partial charge in [-0.2, -0.15) is 0 Å². The molecule has 0 bridgehead atoms. The summed E-state index contributed by atoms with van der Waals surface area (Å²) in [5, 5.41) is 10.8. The molecule has 0 spiro atoms. The van der Waals surface area contributed by atoms with Crippen molar-refractivity contribution in [1.82, 2.24) is 4.98 Å². The fourth-order valence-corrected chi connectivity index (χ4v) is 2.07. The van der Waals surface area contributed by atoms with Crippen molar-refractivity contribution in [1.29, 1.82) is 0 Å². The minimum atomic E-state index is -0.707. The topological polar surface area (TPSA) is 33.1 Å². The summed E-state index contributed by atoms with van der Waals surface area (Å²) in [5.74, 6) is 0.487. The Morgan fingerprint density at radius 3 is 2.22 bits per heavy atom. The molecule has 0 saturated heterocycles. The minimum Gasteiger partial charge on any atom is -0.384 e. The summed E-state index contributed by atoms with van der Waals surface area (Å²) in [4.78, 5) is 3.92. The maximum atomic E-state index is 10.3. The maximum absolute atomic E-state index is 10.3. The Morgan fingerprint density at radius 2 is 1.67 bits per heavy atom. The molecule has 0 aliphatic heterocycles. The Hall–Kier alpha value is -1.38. The van der Waals surface area contributed by atoms with Gasteiger partial charge in [-0.15, -0.1) is 0 Å². The lowest BCUT2D eigenvalue weighted by molar-refractivity contribution is 0.220. The molecule has 0 saturated carbocycles. The molecule has 2 aromatic rings. The van der Waals surface area contributed by atoms with Crippen molar-refractivity contribution in [2.45, 2.75) is 25.9 Å². The average molecular weight is 262 g/mol. The molecule has 0 fully saturated rings. The quantitative estimate of drug-likeness (QED) is 0.908. The van der Waals surface area contributed by atoms with E-state index in [4.69, 9.17) is 11.6 Å². The Balaban J connectivity index is 2.29. The van der Waals surface area contributed by atoms with Gasteiger partial charge in [-0.3, -0.25) is 4.98 Å². The Bertz CT molecular complexity index is 522. The van der Waals surface area contributed by atoms with Crippen molar-refractivity contribution in [3.05, 3.63) is 64.4 Å². The van der Waals surface area contributed by atoms with Crippen LogP contribution < -0.4 is 0 Å². The van der Waals surface area contributed by atoms with Gasteiger partial charge in [-0.25, -0.2) is 0 Å². The summed E-state index contributed by atoms with van der Waals surface area (Å²) >= 11 is 6.03. The van der Waals surface area contributed by atoms with Crippen LogP contribution in [0.1, 0.15) is 42.6 Å². The molecule has 2 rings (SSSR count). The van der Waals surface area contributed by atoms with Gasteiger partial charge in [-0.1, -0.05) is 49.7 Å². The molecule has 1 aromatic heterocycles. The van der Waals surface area contributed by atoms with Gasteiger partial charge in [0.1, 0.15) is 6.10 Å². The number of halogens is 1. The summed E-state index contributed by atoms with van der Waals surface area (Å²) < 4.78 is 0. The van der Waals surface area contributed by atoms with Crippen LogP contribution in [0.4, 0.5) is 0 Å². The second-order valence-corrected chi connectivity index (χ2v) is 5.03. The van der Waals surface area contributed by atoms with Crippen molar-refractivity contribution < 1.29 is 5.11 Å². The normalized spacial score (nSPS) is 12.7. The molecule has 0 amide bonds. The van der Waals surface area contributed by atoms with Crippen molar-refractivity contribution in [2.24, 2.45) is 0 Å². The molecule has 18 heavy (non-hydrogen) atoms. The first-order valence-electron chi connectivity index (χ1n) is 5.97. The third-order valence-corrected chi connectivity index (χ3v) is 3.33. The molecule has 1 unspecified atom stereocenters. The van der Waals surface area contributed by atoms with Gasteiger partial charge >= 0.3 is 0 Å². The summed E-state index contributed by atoms with van der Waals surface area (Å²) in [5.41, 5.74) is 2.78. The number of nitrogens with zero attached hydrogens (tertiary/aromatic N) is 1. The van der Waals surface area contributed by atoms with E-state index in [1.54, 1.807) is 18.5 Å². The van der Waals surface area contributed by atoms with Gasteiger partial charge < -0.3 is 5.11 Å². The molecule has 0 aliphatic carbocycles. The molecular weight excluding hydrogens is 246 g/mol. The van der Waals surface area contributed by atoms with Crippen LogP contribution in [-0.2, 0) is 0 Å². The van der Waals surface area contributed by atoms with Gasteiger partial charge in [0.25, 0.3) is 0 Å². The predicted molar refractivity (Wildman–Crippen MR) is 73.8 cm³/mol. The maximum Gasteiger partial charge on any atom is 0.106 e. The zero-order valence-electron chi connectivity index (χ0n) is 10.5. The Kier molecular flexibility index (Phi) is 4.00. The lowest BCUT2D eigenvalue weighted by Gasteiger charge is -2.14. The van der Waals surface area contributed by atoms with Gasteiger partial charge in [0.2, 0.25) is 0 Å². The van der Waals surface area contributed by atoms with E-state index in [1.807, 2.05) is 24.3 Å². The van der Waals surface area contributed by atoms with Crippen molar-refractivity contribution in [2.75, 3.05) is 0 Å². The molecule has 1 N–H and O–H groups in total. The lowest BCUT2D eigenvalue weighted by atomic mass is 9.97. The van der Waals surface area contributed by atoms with Crippen LogP contribution in [-0.4, -0.2) is 10.1 Å². The SMILES string of the molecule is CC(C)c1ccc(C(O)c2ccncc2Cl)cc1. The monoisotopic (exact) mass is 261 g/mol. The molecule has 1 atom stereocenters. The van der Waals surface area contributed by atoms with Crippen LogP contribution in [0.3, 0.4) is 0 Å². The average Bonchev–Trinajstić information content (AvgIpc) is 2.38. The first-order valence-corrected chi connectivity index (χ1v) is 6.34. The highest BCUT2D eigenvalue weighted by atomic mass is 35.5. The highest BCUT2D eigenvalue weighted by Gasteiger charge is 2.13. The summed E-state index contributed by atoms with van der Waals surface area (Å²) in [6.45, 7) is 4.29. The van der Waals surface area contributed by atoms with E-state index in [0.29, 0.717) is 16.5 Å². The molecule has 94 valence electrons. The van der Waals surface area contributed by atoms with E-state index >= 15 is 0 Å². The zero-order chi connectivity index (χ0) is 13.1. The van der Waals surface area contributed by atoms with Crippen LogP contribution in [0, 0.1) is 0 Å². The van der Waals surface area contributed by atoms with Crippen LogP contribution in [0.25, 0.3) is 0 Å². The number of pyridine rings is 1. The van der Waals surface area contributed by atoms with Gasteiger partial charge in [0, 0.05) is 18.0 Å². The first kappa shape index (κ1) is 13.1. The van der Waals surface area contributed by atoms with E-state index in [9.17, 15) is 5.11 Å². The third kappa shape index (κ3) is 2.71. The van der Waals surface area contributed by atoms with Crippen molar-refractivity contribution in [3.8, 4) is 0 Å². The lowest BCUT2D eigenvalue weighted by Crippen LogP contribution is -2.01. The number of aromatic nitrogens is 1. The molecule has 0 aliphatic rings. The van der Waals surface area contributed by atoms with E-state index < -0.39 is 6.10 Å². The minimum absolute atomic E-state index is 0.484. The standard InChI is InChI=1S/C15H16ClNO/c1-10(2)11-3-5-12(6-4-11)15(18)13-7-8-17-9-14(13)16/h3-10,15,18H,1-2H3. The summed E-state index contributed by atoms with van der Waals surface area (Å²) in [6, 6.07) is 9.70. The zero-order valence-corrected chi connectivity index (χ0v) is 11.2. The van der Waals surface area contributed by atoms with Gasteiger partial charge in [-0.05, 0) is 23.1 Å². The fourth-order valence-electron chi connectivity index (χ4n) is 1.85. The first-order chi connectivity index (χ1) is 8.59. The number of hydrogen-bond acceptors (Lipinski definition) is 2. The van der Waals surface area contributed by atoms with E-state index in [2.05, 4.69) is 18.8 Å². The van der Waals surface area contributed by atoms with E-state index in [1.165, 1.54) is 5.56 Å². The van der Waals surface area contributed by atoms with Crippen LogP contribution >= 0.6 is 11.6 Å². The molecule has 2 nitrogen and oxygen atoms in total. The molecule has 0 radical (unpaired) electrons. The molecule has 3 heteroatoms. The number of aliphatic hydroxyl groups excluding tert-OH is 1. The second-order valence-electron chi connectivity index (χ2n) is 4.62. The molecular formula is C15H16ClNO. The van der Waals surface area contributed by atoms with E-state index in [-0.39, 0.29) is 0 Å². The van der Waals surface area contributed by atoms with Crippen LogP contribution in [0.2, 0.25) is 5.02 Å². The van der Waals surface area contributed by atoms with E-state index in [0.717, 1.165) is 5.56 Å². The highest BCUT2D eigenvalue weighted by Crippen LogP contribution is 2.28.